The zero-order valence-electron chi connectivity index (χ0n) is 12.9. The van der Waals surface area contributed by atoms with Gasteiger partial charge < -0.3 is 16.8 Å². The third-order valence-electron chi connectivity index (χ3n) is 3.29. The number of nitrogen functional groups attached to an aromatic ring is 1. The predicted molar refractivity (Wildman–Crippen MR) is 91.1 cm³/mol. The zero-order valence-corrected chi connectivity index (χ0v) is 13.7. The van der Waals surface area contributed by atoms with Gasteiger partial charge in [-0.2, -0.15) is 5.10 Å². The lowest BCUT2D eigenvalue weighted by Gasteiger charge is -2.01. The van der Waals surface area contributed by atoms with Crippen molar-refractivity contribution >= 4 is 27.9 Å². The summed E-state index contributed by atoms with van der Waals surface area (Å²) >= 11 is 0.836. The van der Waals surface area contributed by atoms with E-state index >= 15 is 0 Å². The monoisotopic (exact) mass is 364 g/mol. The number of rotatable bonds is 5. The van der Waals surface area contributed by atoms with Gasteiger partial charge >= 0.3 is 0 Å². The molecule has 0 fully saturated rings. The third-order valence-corrected chi connectivity index (χ3v) is 4.20. The molecule has 0 spiro atoms. The Kier molecular flexibility index (Phi) is 4.72. The first-order chi connectivity index (χ1) is 12.0. The van der Waals surface area contributed by atoms with Crippen molar-refractivity contribution in [3.05, 3.63) is 47.9 Å². The van der Waals surface area contributed by atoms with Crippen LogP contribution in [0.15, 0.2) is 30.6 Å². The van der Waals surface area contributed by atoms with E-state index in [1.165, 1.54) is 12.3 Å². The maximum Gasteiger partial charge on any atom is 0.277 e. The number of nitrogens with one attached hydrogen (secondary N) is 1. The molecule has 130 valence electrons. The summed E-state index contributed by atoms with van der Waals surface area (Å²) in [4.78, 5) is 16.3. The van der Waals surface area contributed by atoms with Crippen LogP contribution < -0.4 is 16.8 Å². The summed E-state index contributed by atoms with van der Waals surface area (Å²) in [7, 11) is 0. The largest absolute Gasteiger partial charge is 0.389 e. The average molecular weight is 364 g/mol. The second kappa shape index (κ2) is 6.95. The van der Waals surface area contributed by atoms with Gasteiger partial charge in [-0.25, -0.2) is 13.8 Å². The fourth-order valence-electron chi connectivity index (χ4n) is 2.18. The van der Waals surface area contributed by atoms with Crippen LogP contribution in [-0.2, 0) is 6.54 Å². The van der Waals surface area contributed by atoms with E-state index in [-0.39, 0.29) is 21.3 Å². The van der Waals surface area contributed by atoms with Crippen LogP contribution in [0.4, 0.5) is 19.5 Å². The molecule has 0 aliphatic carbocycles. The van der Waals surface area contributed by atoms with E-state index in [0.29, 0.717) is 18.8 Å². The van der Waals surface area contributed by atoms with Crippen molar-refractivity contribution in [1.82, 2.24) is 14.8 Å². The molecule has 0 saturated heterocycles. The number of thiazole rings is 1. The number of anilines is 2. The average Bonchev–Trinajstić information content (AvgIpc) is 3.14. The van der Waals surface area contributed by atoms with Crippen LogP contribution in [0.5, 0.6) is 0 Å². The molecule has 0 radical (unpaired) electrons. The van der Waals surface area contributed by atoms with Gasteiger partial charge in [0.05, 0.1) is 24.0 Å². The molecule has 2 heterocycles. The van der Waals surface area contributed by atoms with E-state index in [1.54, 1.807) is 10.9 Å². The minimum atomic E-state index is -0.774. The molecule has 1 amide bonds. The summed E-state index contributed by atoms with van der Waals surface area (Å²) in [5, 5.41) is 6.67. The molecular formula is C15H14F2N6OS. The highest BCUT2D eigenvalue weighted by molar-refractivity contribution is 7.19. The van der Waals surface area contributed by atoms with E-state index in [2.05, 4.69) is 15.4 Å². The Morgan fingerprint density at radius 2 is 2.04 bits per heavy atom. The summed E-state index contributed by atoms with van der Waals surface area (Å²) < 4.78 is 29.3. The zero-order chi connectivity index (χ0) is 18.0. The Labute approximate surface area is 145 Å². The maximum atomic E-state index is 13.9. The third kappa shape index (κ3) is 3.49. The van der Waals surface area contributed by atoms with Crippen molar-refractivity contribution in [2.24, 2.45) is 5.73 Å². The van der Waals surface area contributed by atoms with Crippen LogP contribution in [0.3, 0.4) is 0 Å². The van der Waals surface area contributed by atoms with Crippen LogP contribution in [0.2, 0.25) is 0 Å². The molecule has 1 aromatic carbocycles. The molecule has 0 saturated carbocycles. The Morgan fingerprint density at radius 3 is 2.72 bits per heavy atom. The first-order valence-electron chi connectivity index (χ1n) is 7.24. The predicted octanol–water partition coefficient (Wildman–Crippen LogP) is 2.08. The van der Waals surface area contributed by atoms with Crippen LogP contribution in [0.1, 0.15) is 10.5 Å². The highest BCUT2D eigenvalue weighted by atomic mass is 32.1. The minimum Gasteiger partial charge on any atom is -0.389 e. The fraction of sp³-hybridized carbons (Fsp3) is 0.133. The topological polar surface area (TPSA) is 112 Å². The molecule has 2 aromatic heterocycles. The number of benzene rings is 1. The number of hydrogen-bond acceptors (Lipinski definition) is 6. The summed E-state index contributed by atoms with van der Waals surface area (Å²) in [5.41, 5.74) is 11.3. The van der Waals surface area contributed by atoms with Gasteiger partial charge in [0.1, 0.15) is 21.6 Å². The maximum absolute atomic E-state index is 13.9. The van der Waals surface area contributed by atoms with Gasteiger partial charge in [0.2, 0.25) is 0 Å². The molecule has 0 aliphatic heterocycles. The van der Waals surface area contributed by atoms with Gasteiger partial charge in [-0.05, 0) is 12.1 Å². The van der Waals surface area contributed by atoms with Crippen LogP contribution in [0, 0.1) is 11.6 Å². The summed E-state index contributed by atoms with van der Waals surface area (Å²) in [6.07, 6.45) is 3.05. The fourth-order valence-corrected chi connectivity index (χ4v) is 3.05. The molecule has 3 rings (SSSR count). The summed E-state index contributed by atoms with van der Waals surface area (Å²) in [5.74, 6) is -2.14. The first-order valence-corrected chi connectivity index (χ1v) is 8.05. The van der Waals surface area contributed by atoms with Crippen molar-refractivity contribution in [3.8, 4) is 10.6 Å². The molecule has 0 unspecified atom stereocenters. The van der Waals surface area contributed by atoms with Crippen LogP contribution in [-0.4, -0.2) is 27.2 Å². The smallest absolute Gasteiger partial charge is 0.277 e. The van der Waals surface area contributed by atoms with Crippen LogP contribution in [0.25, 0.3) is 10.6 Å². The lowest BCUT2D eigenvalue weighted by atomic mass is 10.2. The highest BCUT2D eigenvalue weighted by Gasteiger charge is 2.21. The molecule has 0 bridgehead atoms. The second-order valence-electron chi connectivity index (χ2n) is 5.06. The summed E-state index contributed by atoms with van der Waals surface area (Å²) in [6.45, 7) is 0.914. The van der Waals surface area contributed by atoms with Gasteiger partial charge in [-0.3, -0.25) is 9.48 Å². The van der Waals surface area contributed by atoms with E-state index in [9.17, 15) is 13.6 Å². The molecule has 0 atom stereocenters. The van der Waals surface area contributed by atoms with E-state index in [0.717, 1.165) is 23.5 Å². The number of nitrogens with two attached hydrogens (primary N) is 2. The van der Waals surface area contributed by atoms with Gasteiger partial charge in [0, 0.05) is 12.7 Å². The number of aromatic nitrogens is 3. The quantitative estimate of drug-likeness (QED) is 0.642. The van der Waals surface area contributed by atoms with Gasteiger partial charge in [0.15, 0.2) is 5.69 Å². The van der Waals surface area contributed by atoms with Crippen molar-refractivity contribution in [2.45, 2.75) is 6.54 Å². The Hall–Kier alpha value is -2.85. The van der Waals surface area contributed by atoms with E-state index in [1.807, 2.05) is 0 Å². The van der Waals surface area contributed by atoms with Gasteiger partial charge in [-0.15, -0.1) is 0 Å². The summed E-state index contributed by atoms with van der Waals surface area (Å²) in [6, 6.07) is 3.47. The van der Waals surface area contributed by atoms with Crippen molar-refractivity contribution in [3.63, 3.8) is 0 Å². The molecule has 25 heavy (non-hydrogen) atoms. The molecule has 10 heteroatoms. The Morgan fingerprint density at radius 1 is 1.32 bits per heavy atom. The number of hydrogen-bond donors (Lipinski definition) is 3. The standard InChI is InChI=1S/C15H14F2N6OS/c16-9-2-1-3-10(17)11(9)15-22-12(13(19)25-15)14(24)21-8-6-20-23(7-8)5-4-18/h1-3,6-7H,4-5,18-19H2,(H,21,24). The van der Waals surface area contributed by atoms with Crippen molar-refractivity contribution < 1.29 is 13.6 Å². The molecule has 0 aliphatic rings. The van der Waals surface area contributed by atoms with E-state index < -0.39 is 17.5 Å². The number of nitrogens with zero attached hydrogens (tertiary/aromatic N) is 3. The highest BCUT2D eigenvalue weighted by Crippen LogP contribution is 2.33. The second-order valence-corrected chi connectivity index (χ2v) is 6.09. The first kappa shape index (κ1) is 17.0. The lowest BCUT2D eigenvalue weighted by molar-refractivity contribution is 0.102. The van der Waals surface area contributed by atoms with Gasteiger partial charge in [0.25, 0.3) is 5.91 Å². The van der Waals surface area contributed by atoms with Crippen molar-refractivity contribution in [1.29, 1.82) is 0 Å². The van der Waals surface area contributed by atoms with Crippen LogP contribution >= 0.6 is 11.3 Å². The number of carbonyl (C=O) groups is 1. The molecular weight excluding hydrogens is 350 g/mol. The molecule has 3 aromatic rings. The molecule has 7 nitrogen and oxygen atoms in total. The molecule has 5 N–H and O–H groups in total. The normalized spacial score (nSPS) is 10.8. The van der Waals surface area contributed by atoms with E-state index in [4.69, 9.17) is 11.5 Å². The SMILES string of the molecule is NCCn1cc(NC(=O)c2nc(-c3c(F)cccc3F)sc2N)cn1. The number of amides is 1. The van der Waals surface area contributed by atoms with Gasteiger partial charge in [-0.1, -0.05) is 17.4 Å². The van der Waals surface area contributed by atoms with Crippen molar-refractivity contribution in [2.75, 3.05) is 17.6 Å². The minimum absolute atomic E-state index is 0.00271. The Bertz CT molecular complexity index is 902. The Balaban J connectivity index is 1.85. The lowest BCUT2D eigenvalue weighted by Crippen LogP contribution is -2.14. The number of carbonyl (C=O) groups excluding carboxylic acids is 1. The number of halogens is 2.